The Morgan fingerprint density at radius 2 is 2.06 bits per heavy atom. The summed E-state index contributed by atoms with van der Waals surface area (Å²) >= 11 is 0. The monoisotopic (exact) mass is 244 g/mol. The lowest BCUT2D eigenvalue weighted by atomic mass is 10.3. The van der Waals surface area contributed by atoms with Gasteiger partial charge in [-0.15, -0.1) is 0 Å². The molecule has 0 aliphatic rings. The Morgan fingerprint density at radius 1 is 1.41 bits per heavy atom. The van der Waals surface area contributed by atoms with Crippen molar-refractivity contribution in [2.45, 2.75) is 13.8 Å². The highest BCUT2D eigenvalue weighted by Crippen LogP contribution is 2.14. The van der Waals surface area contributed by atoms with Crippen LogP contribution in [0, 0.1) is 18.6 Å². The second-order valence-electron chi connectivity index (χ2n) is 3.21. The summed E-state index contributed by atoms with van der Waals surface area (Å²) in [4.78, 5) is 25.1. The Hall–Kier alpha value is -2.05. The molecule has 1 aromatic rings. The fourth-order valence-electron chi connectivity index (χ4n) is 0.982. The number of anilines is 1. The maximum Gasteiger partial charge on any atom is 0.303 e. The SMILES string of the molecule is CC(=O)OCC(=O)Nc1nc(C)c(F)cc1F. The third-order valence-corrected chi connectivity index (χ3v) is 1.77. The molecule has 1 rings (SSSR count). The summed E-state index contributed by atoms with van der Waals surface area (Å²) in [6.45, 7) is 1.91. The number of nitrogens with zero attached hydrogens (tertiary/aromatic N) is 1. The molecule has 0 aliphatic carbocycles. The topological polar surface area (TPSA) is 68.3 Å². The fraction of sp³-hybridized carbons (Fsp3) is 0.300. The van der Waals surface area contributed by atoms with Crippen molar-refractivity contribution < 1.29 is 23.1 Å². The number of amides is 1. The van der Waals surface area contributed by atoms with E-state index in [1.165, 1.54) is 6.92 Å². The van der Waals surface area contributed by atoms with Gasteiger partial charge in [0.25, 0.3) is 5.91 Å². The zero-order valence-corrected chi connectivity index (χ0v) is 9.21. The van der Waals surface area contributed by atoms with E-state index in [0.717, 1.165) is 6.92 Å². The number of rotatable bonds is 3. The molecule has 0 radical (unpaired) electrons. The molecule has 1 aromatic heterocycles. The maximum absolute atomic E-state index is 13.2. The van der Waals surface area contributed by atoms with Crippen LogP contribution in [0.3, 0.4) is 0 Å². The summed E-state index contributed by atoms with van der Waals surface area (Å²) in [5, 5.41) is 2.06. The number of ether oxygens (including phenoxy) is 1. The van der Waals surface area contributed by atoms with Crippen LogP contribution in [0.25, 0.3) is 0 Å². The number of halogens is 2. The Bertz CT molecular complexity index is 463. The third-order valence-electron chi connectivity index (χ3n) is 1.77. The van der Waals surface area contributed by atoms with Crippen LogP contribution in [-0.4, -0.2) is 23.5 Å². The van der Waals surface area contributed by atoms with E-state index in [4.69, 9.17) is 0 Å². The number of hydrogen-bond acceptors (Lipinski definition) is 4. The number of aromatic nitrogens is 1. The van der Waals surface area contributed by atoms with Crippen molar-refractivity contribution in [2.24, 2.45) is 0 Å². The largest absolute Gasteiger partial charge is 0.456 e. The average Bonchev–Trinajstić information content (AvgIpc) is 2.23. The quantitative estimate of drug-likeness (QED) is 0.810. The highest BCUT2D eigenvalue weighted by molar-refractivity contribution is 5.91. The average molecular weight is 244 g/mol. The molecule has 0 fully saturated rings. The van der Waals surface area contributed by atoms with Gasteiger partial charge in [-0.1, -0.05) is 0 Å². The molecule has 0 bridgehead atoms. The van der Waals surface area contributed by atoms with Crippen LogP contribution in [0.2, 0.25) is 0 Å². The highest BCUT2D eigenvalue weighted by atomic mass is 19.1. The van der Waals surface area contributed by atoms with Gasteiger partial charge in [0, 0.05) is 13.0 Å². The van der Waals surface area contributed by atoms with Gasteiger partial charge in [0.1, 0.15) is 5.82 Å². The van der Waals surface area contributed by atoms with E-state index in [0.29, 0.717) is 6.07 Å². The van der Waals surface area contributed by atoms with Crippen LogP contribution in [0.5, 0.6) is 0 Å². The van der Waals surface area contributed by atoms with Crippen molar-refractivity contribution in [3.05, 3.63) is 23.4 Å². The Balaban J connectivity index is 2.71. The minimum Gasteiger partial charge on any atom is -0.456 e. The first-order valence-corrected chi connectivity index (χ1v) is 4.66. The number of hydrogen-bond donors (Lipinski definition) is 1. The summed E-state index contributed by atoms with van der Waals surface area (Å²) in [5.41, 5.74) is -0.0470. The highest BCUT2D eigenvalue weighted by Gasteiger charge is 2.12. The van der Waals surface area contributed by atoms with Gasteiger partial charge in [-0.2, -0.15) is 0 Å². The normalized spacial score (nSPS) is 9.88. The van der Waals surface area contributed by atoms with Crippen molar-refractivity contribution in [3.63, 3.8) is 0 Å². The van der Waals surface area contributed by atoms with Crippen LogP contribution in [-0.2, 0) is 14.3 Å². The third kappa shape index (κ3) is 3.78. The lowest BCUT2D eigenvalue weighted by molar-refractivity contribution is -0.144. The molecular formula is C10H10F2N2O3. The molecule has 0 unspecified atom stereocenters. The van der Waals surface area contributed by atoms with Crippen LogP contribution in [0.15, 0.2) is 6.07 Å². The van der Waals surface area contributed by atoms with E-state index in [-0.39, 0.29) is 5.69 Å². The van der Waals surface area contributed by atoms with Crippen LogP contribution < -0.4 is 5.32 Å². The minimum atomic E-state index is -0.996. The Morgan fingerprint density at radius 3 is 2.65 bits per heavy atom. The van der Waals surface area contributed by atoms with E-state index >= 15 is 0 Å². The molecule has 92 valence electrons. The molecule has 1 N–H and O–H groups in total. The van der Waals surface area contributed by atoms with Crippen LogP contribution >= 0.6 is 0 Å². The minimum absolute atomic E-state index is 0.0470. The molecule has 0 saturated heterocycles. The van der Waals surface area contributed by atoms with Gasteiger partial charge >= 0.3 is 5.97 Å². The molecule has 1 amide bonds. The van der Waals surface area contributed by atoms with Crippen molar-refractivity contribution >= 4 is 17.7 Å². The second kappa shape index (κ2) is 5.33. The van der Waals surface area contributed by atoms with Gasteiger partial charge in [-0.25, -0.2) is 13.8 Å². The summed E-state index contributed by atoms with van der Waals surface area (Å²) in [6, 6.07) is 0.615. The van der Waals surface area contributed by atoms with E-state index < -0.39 is 35.9 Å². The lowest BCUT2D eigenvalue weighted by Gasteiger charge is -2.06. The predicted octanol–water partition coefficient (Wildman–Crippen LogP) is 1.17. The van der Waals surface area contributed by atoms with Gasteiger partial charge in [-0.3, -0.25) is 9.59 Å². The fourth-order valence-corrected chi connectivity index (χ4v) is 0.982. The molecule has 0 aromatic carbocycles. The number of nitrogens with one attached hydrogen (secondary N) is 1. The summed E-state index contributed by atoms with van der Waals surface area (Å²) in [5.74, 6) is -3.59. The molecule has 7 heteroatoms. The van der Waals surface area contributed by atoms with Crippen molar-refractivity contribution in [3.8, 4) is 0 Å². The molecule has 0 aliphatic heterocycles. The van der Waals surface area contributed by atoms with Crippen molar-refractivity contribution in [1.29, 1.82) is 0 Å². The standard InChI is InChI=1S/C10H10F2N2O3/c1-5-7(11)3-8(12)10(13-5)14-9(16)4-17-6(2)15/h3H,4H2,1-2H3,(H,13,14,16). The van der Waals surface area contributed by atoms with E-state index in [9.17, 15) is 18.4 Å². The summed E-state index contributed by atoms with van der Waals surface area (Å²) in [6.07, 6.45) is 0. The van der Waals surface area contributed by atoms with Gasteiger partial charge in [-0.05, 0) is 6.92 Å². The molecule has 0 atom stereocenters. The molecule has 0 spiro atoms. The summed E-state index contributed by atoms with van der Waals surface area (Å²) in [7, 11) is 0. The second-order valence-corrected chi connectivity index (χ2v) is 3.21. The van der Waals surface area contributed by atoms with E-state index in [1.807, 2.05) is 0 Å². The number of pyridine rings is 1. The van der Waals surface area contributed by atoms with Gasteiger partial charge in [0.15, 0.2) is 18.2 Å². The van der Waals surface area contributed by atoms with E-state index in [2.05, 4.69) is 15.0 Å². The number of aryl methyl sites for hydroxylation is 1. The number of esters is 1. The Kier molecular flexibility index (Phi) is 4.08. The predicted molar refractivity (Wildman–Crippen MR) is 54.2 cm³/mol. The molecule has 17 heavy (non-hydrogen) atoms. The maximum atomic E-state index is 13.2. The smallest absolute Gasteiger partial charge is 0.303 e. The lowest BCUT2D eigenvalue weighted by Crippen LogP contribution is -2.21. The van der Waals surface area contributed by atoms with Crippen molar-refractivity contribution in [2.75, 3.05) is 11.9 Å². The zero-order valence-electron chi connectivity index (χ0n) is 9.21. The first-order chi connectivity index (χ1) is 7.90. The first kappa shape index (κ1) is 13.0. The summed E-state index contributed by atoms with van der Waals surface area (Å²) < 4.78 is 30.4. The van der Waals surface area contributed by atoms with E-state index in [1.54, 1.807) is 0 Å². The molecular weight excluding hydrogens is 234 g/mol. The Labute approximate surface area is 95.8 Å². The van der Waals surface area contributed by atoms with Crippen molar-refractivity contribution in [1.82, 2.24) is 4.98 Å². The molecule has 5 nitrogen and oxygen atoms in total. The first-order valence-electron chi connectivity index (χ1n) is 4.66. The van der Waals surface area contributed by atoms with Gasteiger partial charge < -0.3 is 10.1 Å². The number of carbonyl (C=O) groups excluding carboxylic acids is 2. The van der Waals surface area contributed by atoms with Crippen LogP contribution in [0.4, 0.5) is 14.6 Å². The molecule has 1 heterocycles. The van der Waals surface area contributed by atoms with Gasteiger partial charge in [0.2, 0.25) is 0 Å². The van der Waals surface area contributed by atoms with Crippen LogP contribution in [0.1, 0.15) is 12.6 Å². The number of carbonyl (C=O) groups is 2. The molecule has 0 saturated carbocycles. The van der Waals surface area contributed by atoms with Gasteiger partial charge in [0.05, 0.1) is 5.69 Å². The zero-order chi connectivity index (χ0) is 13.0.